The molecule has 146 valence electrons. The van der Waals surface area contributed by atoms with Gasteiger partial charge in [-0.3, -0.25) is 4.57 Å². The van der Waals surface area contributed by atoms with Crippen molar-refractivity contribution in [2.45, 2.75) is 26.4 Å². The fraction of sp³-hybridized carbons (Fsp3) is 0.250. The topological polar surface area (TPSA) is 78.2 Å². The average molecular weight is 384 g/mol. The highest BCUT2D eigenvalue weighted by atomic mass is 19.1. The van der Waals surface area contributed by atoms with Crippen molar-refractivity contribution < 1.29 is 9.13 Å². The predicted molar refractivity (Wildman–Crippen MR) is 105 cm³/mol. The third kappa shape index (κ3) is 3.95. The summed E-state index contributed by atoms with van der Waals surface area (Å²) in [5, 5.41) is 3.01. The lowest BCUT2D eigenvalue weighted by molar-refractivity contribution is 0.416. The summed E-state index contributed by atoms with van der Waals surface area (Å²) in [6.45, 7) is 3.59. The molecule has 0 unspecified atom stereocenters. The van der Waals surface area contributed by atoms with E-state index in [1.54, 1.807) is 50.2 Å². The van der Waals surface area contributed by atoms with Crippen LogP contribution in [0.2, 0.25) is 0 Å². The van der Waals surface area contributed by atoms with E-state index in [0.29, 0.717) is 17.0 Å². The van der Waals surface area contributed by atoms with Crippen molar-refractivity contribution >= 4 is 11.6 Å². The second-order valence-electron chi connectivity index (χ2n) is 6.50. The minimum Gasteiger partial charge on any atom is -0.495 e. The van der Waals surface area contributed by atoms with Gasteiger partial charge in [0.1, 0.15) is 11.6 Å². The highest BCUT2D eigenvalue weighted by Gasteiger charge is 2.17. The van der Waals surface area contributed by atoms with Gasteiger partial charge < -0.3 is 10.1 Å². The summed E-state index contributed by atoms with van der Waals surface area (Å²) < 4.78 is 21.0. The number of nitrogens with zero attached hydrogens (tertiary/aromatic N) is 3. The Morgan fingerprint density at radius 1 is 1.11 bits per heavy atom. The van der Waals surface area contributed by atoms with Crippen LogP contribution in [0.1, 0.15) is 25.5 Å². The molecule has 0 aliphatic carbocycles. The van der Waals surface area contributed by atoms with E-state index in [1.807, 2.05) is 0 Å². The molecule has 0 radical (unpaired) electrons. The zero-order valence-corrected chi connectivity index (χ0v) is 15.8. The van der Waals surface area contributed by atoms with Crippen molar-refractivity contribution in [1.82, 2.24) is 14.1 Å². The van der Waals surface area contributed by atoms with Crippen LogP contribution < -0.4 is 21.4 Å². The van der Waals surface area contributed by atoms with Gasteiger partial charge in [-0.2, -0.15) is 4.98 Å². The molecule has 7 nitrogen and oxygen atoms in total. The summed E-state index contributed by atoms with van der Waals surface area (Å²) in [5.74, 6) is 0.257. The molecule has 0 atom stereocenters. The Labute approximate surface area is 161 Å². The van der Waals surface area contributed by atoms with E-state index in [1.165, 1.54) is 23.8 Å². The van der Waals surface area contributed by atoms with Crippen LogP contribution in [0.4, 0.5) is 16.0 Å². The van der Waals surface area contributed by atoms with Gasteiger partial charge in [-0.1, -0.05) is 24.3 Å². The van der Waals surface area contributed by atoms with Crippen LogP contribution in [0.5, 0.6) is 5.75 Å². The van der Waals surface area contributed by atoms with E-state index in [2.05, 4.69) is 10.3 Å². The molecule has 2 aromatic carbocycles. The highest BCUT2D eigenvalue weighted by molar-refractivity contribution is 5.62. The maximum Gasteiger partial charge on any atom is 0.355 e. The minimum absolute atomic E-state index is 0.0840. The van der Waals surface area contributed by atoms with Crippen molar-refractivity contribution in [3.63, 3.8) is 0 Å². The Balaban J connectivity index is 2.13. The van der Waals surface area contributed by atoms with Crippen LogP contribution in [0.3, 0.4) is 0 Å². The van der Waals surface area contributed by atoms with Gasteiger partial charge in [-0.25, -0.2) is 18.5 Å². The molecule has 0 aliphatic rings. The maximum absolute atomic E-state index is 13.2. The molecule has 1 N–H and O–H groups in total. The molecule has 0 spiro atoms. The molecule has 0 amide bonds. The van der Waals surface area contributed by atoms with Crippen LogP contribution in [-0.4, -0.2) is 21.2 Å². The number of ether oxygens (including phenoxy) is 1. The quantitative estimate of drug-likeness (QED) is 0.707. The molecule has 0 aliphatic heterocycles. The number of nitrogens with one attached hydrogen (secondary N) is 1. The van der Waals surface area contributed by atoms with Gasteiger partial charge >= 0.3 is 11.4 Å². The number of hydrogen-bond acceptors (Lipinski definition) is 5. The van der Waals surface area contributed by atoms with Gasteiger partial charge in [0, 0.05) is 6.04 Å². The largest absolute Gasteiger partial charge is 0.495 e. The fourth-order valence-electron chi connectivity index (χ4n) is 2.83. The molecule has 1 heterocycles. The van der Waals surface area contributed by atoms with Crippen molar-refractivity contribution in [3.8, 4) is 5.75 Å². The highest BCUT2D eigenvalue weighted by Crippen LogP contribution is 2.25. The Morgan fingerprint density at radius 3 is 2.43 bits per heavy atom. The lowest BCUT2D eigenvalue weighted by Gasteiger charge is -2.18. The van der Waals surface area contributed by atoms with E-state index in [9.17, 15) is 14.0 Å². The Bertz CT molecular complexity index is 1090. The zero-order chi connectivity index (χ0) is 20.3. The molecule has 0 saturated carbocycles. The first-order valence-corrected chi connectivity index (χ1v) is 8.78. The summed E-state index contributed by atoms with van der Waals surface area (Å²) in [6.07, 6.45) is 0. The lowest BCUT2D eigenvalue weighted by Crippen LogP contribution is -2.43. The number of methoxy groups -OCH3 is 1. The van der Waals surface area contributed by atoms with Gasteiger partial charge in [0.15, 0.2) is 0 Å². The molecule has 1 aromatic heterocycles. The predicted octanol–water partition coefficient (Wildman–Crippen LogP) is 2.93. The first-order chi connectivity index (χ1) is 13.4. The first-order valence-electron chi connectivity index (χ1n) is 8.78. The zero-order valence-electron chi connectivity index (χ0n) is 15.8. The number of benzene rings is 2. The number of aromatic nitrogens is 3. The summed E-state index contributed by atoms with van der Waals surface area (Å²) in [7, 11) is 1.52. The fourth-order valence-corrected chi connectivity index (χ4v) is 2.83. The van der Waals surface area contributed by atoms with Crippen LogP contribution in [0.15, 0.2) is 58.1 Å². The van der Waals surface area contributed by atoms with E-state index in [0.717, 1.165) is 4.57 Å². The van der Waals surface area contributed by atoms with E-state index < -0.39 is 11.4 Å². The number of anilines is 2. The molecule has 28 heavy (non-hydrogen) atoms. The van der Waals surface area contributed by atoms with E-state index in [-0.39, 0.29) is 24.4 Å². The third-order valence-electron chi connectivity index (χ3n) is 4.22. The molecule has 0 fully saturated rings. The Hall–Kier alpha value is -3.42. The van der Waals surface area contributed by atoms with E-state index in [4.69, 9.17) is 4.74 Å². The van der Waals surface area contributed by atoms with Crippen LogP contribution in [0, 0.1) is 5.82 Å². The second-order valence-corrected chi connectivity index (χ2v) is 6.50. The normalized spacial score (nSPS) is 10.9. The minimum atomic E-state index is -0.646. The average Bonchev–Trinajstić information content (AvgIpc) is 2.66. The van der Waals surface area contributed by atoms with Crippen molar-refractivity contribution in [2.75, 3.05) is 12.4 Å². The van der Waals surface area contributed by atoms with Crippen LogP contribution in [0.25, 0.3) is 0 Å². The van der Waals surface area contributed by atoms with Gasteiger partial charge in [-0.05, 0) is 43.7 Å². The molecule has 3 aromatic rings. The van der Waals surface area contributed by atoms with Crippen molar-refractivity contribution in [3.05, 3.63) is 80.9 Å². The van der Waals surface area contributed by atoms with Gasteiger partial charge in [0.05, 0.1) is 19.3 Å². The van der Waals surface area contributed by atoms with Gasteiger partial charge in [0.25, 0.3) is 0 Å². The standard InChI is InChI=1S/C20H21FN4O3/c1-13(2)25-19(26)23-18(22-16-6-4-5-7-17(16)28-3)24(20(25)27)12-14-8-10-15(21)11-9-14/h4-11,13H,12H2,1-3H3,(H,22,23,26). The number of para-hydroxylation sites is 2. The maximum atomic E-state index is 13.2. The number of hydrogen-bond donors (Lipinski definition) is 1. The Morgan fingerprint density at radius 2 is 1.79 bits per heavy atom. The summed E-state index contributed by atoms with van der Waals surface area (Å²) in [4.78, 5) is 29.5. The van der Waals surface area contributed by atoms with Crippen molar-refractivity contribution in [2.24, 2.45) is 0 Å². The molecular formula is C20H21FN4O3. The molecule has 3 rings (SSSR count). The number of halogens is 1. The smallest absolute Gasteiger partial charge is 0.355 e. The molecule has 0 bridgehead atoms. The molecule has 8 heteroatoms. The first kappa shape index (κ1) is 19.3. The van der Waals surface area contributed by atoms with Gasteiger partial charge in [-0.15, -0.1) is 0 Å². The monoisotopic (exact) mass is 384 g/mol. The van der Waals surface area contributed by atoms with Crippen LogP contribution >= 0.6 is 0 Å². The third-order valence-corrected chi connectivity index (χ3v) is 4.22. The number of rotatable bonds is 6. The summed E-state index contributed by atoms with van der Waals surface area (Å²) >= 11 is 0. The SMILES string of the molecule is COc1ccccc1Nc1nc(=O)n(C(C)C)c(=O)n1Cc1ccc(F)cc1. The Kier molecular flexibility index (Phi) is 5.58. The van der Waals surface area contributed by atoms with E-state index >= 15 is 0 Å². The van der Waals surface area contributed by atoms with Crippen molar-refractivity contribution in [1.29, 1.82) is 0 Å². The van der Waals surface area contributed by atoms with Crippen LogP contribution in [-0.2, 0) is 6.54 Å². The molecule has 0 saturated heterocycles. The second kappa shape index (κ2) is 8.08. The summed E-state index contributed by atoms with van der Waals surface area (Å²) in [6, 6.07) is 12.6. The molecular weight excluding hydrogens is 363 g/mol. The lowest BCUT2D eigenvalue weighted by atomic mass is 10.2. The van der Waals surface area contributed by atoms with Gasteiger partial charge in [0.2, 0.25) is 5.95 Å². The summed E-state index contributed by atoms with van der Waals surface area (Å²) in [5.41, 5.74) is 0.110.